The largest absolute Gasteiger partial charge is 0.493 e. The monoisotopic (exact) mass is 547 g/mol. The predicted octanol–water partition coefficient (Wildman–Crippen LogP) is 3.89. The average molecular weight is 548 g/mol. The number of hydrogen-bond acceptors (Lipinski definition) is 9. The summed E-state index contributed by atoms with van der Waals surface area (Å²) in [6, 6.07) is 5.64. The van der Waals surface area contributed by atoms with E-state index in [1.807, 2.05) is 32.0 Å². The molecule has 1 aromatic rings. The van der Waals surface area contributed by atoms with Crippen LogP contribution in [0.15, 0.2) is 18.2 Å². The zero-order valence-electron chi connectivity index (χ0n) is 23.5. The predicted molar refractivity (Wildman–Crippen MR) is 138 cm³/mol. The maximum absolute atomic E-state index is 12.8. The summed E-state index contributed by atoms with van der Waals surface area (Å²) < 4.78 is 29.0. The summed E-state index contributed by atoms with van der Waals surface area (Å²) in [4.78, 5) is 37.1. The normalized spacial score (nSPS) is 36.8. The van der Waals surface area contributed by atoms with Crippen LogP contribution in [0.5, 0.6) is 11.5 Å². The van der Waals surface area contributed by atoms with E-state index >= 15 is 0 Å². The van der Waals surface area contributed by atoms with Crippen molar-refractivity contribution in [2.24, 2.45) is 23.7 Å². The Morgan fingerprint density at radius 2 is 1.82 bits per heavy atom. The Kier molecular flexibility index (Phi) is 8.10. The molecule has 4 heterocycles. The van der Waals surface area contributed by atoms with Crippen LogP contribution in [0.3, 0.4) is 0 Å². The fourth-order valence-electron chi connectivity index (χ4n) is 6.88. The number of amides is 1. The van der Waals surface area contributed by atoms with Crippen LogP contribution in [0.1, 0.15) is 64.9 Å². The van der Waals surface area contributed by atoms with E-state index in [4.69, 9.17) is 33.5 Å². The molecular formula is C29H41NO9. The Morgan fingerprint density at radius 1 is 1.03 bits per heavy atom. The highest BCUT2D eigenvalue weighted by Crippen LogP contribution is 2.60. The Balaban J connectivity index is 1.12. The highest BCUT2D eigenvalue weighted by molar-refractivity contribution is 5.81. The number of esters is 1. The van der Waals surface area contributed by atoms with Crippen molar-refractivity contribution in [2.45, 2.75) is 89.7 Å². The highest BCUT2D eigenvalue weighted by atomic mass is 17.3. The van der Waals surface area contributed by atoms with Gasteiger partial charge in [-0.1, -0.05) is 19.9 Å². The van der Waals surface area contributed by atoms with Crippen molar-refractivity contribution in [1.29, 1.82) is 0 Å². The van der Waals surface area contributed by atoms with E-state index in [9.17, 15) is 9.59 Å². The van der Waals surface area contributed by atoms with Crippen molar-refractivity contribution in [3.8, 4) is 11.5 Å². The Labute approximate surface area is 229 Å². The van der Waals surface area contributed by atoms with Crippen LogP contribution < -0.4 is 14.8 Å². The third-order valence-corrected chi connectivity index (χ3v) is 9.08. The number of ether oxygens (including phenoxy) is 5. The summed E-state index contributed by atoms with van der Waals surface area (Å²) in [5, 5.41) is 2.86. The lowest BCUT2D eigenvalue weighted by atomic mass is 9.58. The molecule has 1 saturated carbocycles. The second-order valence-corrected chi connectivity index (χ2v) is 11.6. The zero-order chi connectivity index (χ0) is 27.8. The molecule has 0 unspecified atom stereocenters. The third kappa shape index (κ3) is 5.36. The second-order valence-electron chi connectivity index (χ2n) is 11.6. The molecule has 0 radical (unpaired) electrons. The lowest BCUT2D eigenvalue weighted by Crippen LogP contribution is -2.70. The van der Waals surface area contributed by atoms with Gasteiger partial charge in [0.05, 0.1) is 20.6 Å². The van der Waals surface area contributed by atoms with E-state index in [0.29, 0.717) is 30.4 Å². The van der Waals surface area contributed by atoms with Crippen molar-refractivity contribution < 1.29 is 43.0 Å². The van der Waals surface area contributed by atoms with Crippen molar-refractivity contribution in [2.75, 3.05) is 20.8 Å². The minimum absolute atomic E-state index is 0.0346. The van der Waals surface area contributed by atoms with Gasteiger partial charge in [-0.2, -0.15) is 0 Å². The fourth-order valence-corrected chi connectivity index (χ4v) is 6.88. The summed E-state index contributed by atoms with van der Waals surface area (Å²) in [6.07, 6.45) is 2.82. The van der Waals surface area contributed by atoms with Gasteiger partial charge in [0.15, 0.2) is 23.4 Å². The molecule has 216 valence electrons. The third-order valence-electron chi connectivity index (χ3n) is 9.08. The van der Waals surface area contributed by atoms with Gasteiger partial charge < -0.3 is 29.0 Å². The Morgan fingerprint density at radius 3 is 2.59 bits per heavy atom. The van der Waals surface area contributed by atoms with Crippen LogP contribution in [0.25, 0.3) is 0 Å². The van der Waals surface area contributed by atoms with Gasteiger partial charge in [0.25, 0.3) is 0 Å². The topological polar surface area (TPSA) is 111 Å². The molecule has 4 aliphatic heterocycles. The first kappa shape index (κ1) is 28.1. The van der Waals surface area contributed by atoms with Crippen molar-refractivity contribution in [3.05, 3.63) is 23.8 Å². The average Bonchev–Trinajstić information content (AvgIpc) is 3.16. The summed E-state index contributed by atoms with van der Waals surface area (Å²) in [5.41, 5.74) is 0.301. The first-order valence-electron chi connectivity index (χ1n) is 14.1. The molecule has 2 bridgehead atoms. The summed E-state index contributed by atoms with van der Waals surface area (Å²) in [5.74, 6) is 0.384. The molecule has 5 aliphatic rings. The van der Waals surface area contributed by atoms with Gasteiger partial charge in [0.1, 0.15) is 0 Å². The van der Waals surface area contributed by atoms with Gasteiger partial charge in [-0.05, 0) is 62.1 Å². The first-order chi connectivity index (χ1) is 18.7. The van der Waals surface area contributed by atoms with Crippen LogP contribution in [-0.4, -0.2) is 56.6 Å². The van der Waals surface area contributed by atoms with E-state index in [2.05, 4.69) is 12.2 Å². The molecular weight excluding hydrogens is 506 g/mol. The number of nitrogens with one attached hydrogen (secondary N) is 1. The smallest absolute Gasteiger partial charge is 0.308 e. The highest BCUT2D eigenvalue weighted by Gasteiger charge is 2.69. The second kappa shape index (κ2) is 11.2. The number of fused-ring (bicyclic) bond motifs is 2. The Hall–Kier alpha value is -2.40. The molecule has 1 aliphatic carbocycles. The maximum Gasteiger partial charge on any atom is 0.308 e. The summed E-state index contributed by atoms with van der Waals surface area (Å²) >= 11 is 0. The van der Waals surface area contributed by atoms with E-state index < -0.39 is 29.9 Å². The number of rotatable bonds is 9. The number of methoxy groups -OCH3 is 2. The van der Waals surface area contributed by atoms with Crippen LogP contribution in [0, 0.1) is 23.7 Å². The van der Waals surface area contributed by atoms with E-state index in [1.165, 1.54) is 0 Å². The minimum atomic E-state index is -0.887. The van der Waals surface area contributed by atoms with E-state index in [0.717, 1.165) is 31.2 Å². The van der Waals surface area contributed by atoms with E-state index in [-0.39, 0.29) is 36.5 Å². The number of carbonyl (C=O) groups is 2. The van der Waals surface area contributed by atoms with Crippen molar-refractivity contribution >= 4 is 11.9 Å². The molecule has 10 nitrogen and oxygen atoms in total. The lowest BCUT2D eigenvalue weighted by Gasteiger charge is -2.59. The molecule has 1 aromatic carbocycles. The quantitative estimate of drug-likeness (QED) is 0.364. The van der Waals surface area contributed by atoms with Gasteiger partial charge in [-0.15, -0.1) is 0 Å². The molecule has 4 saturated heterocycles. The Bertz CT molecular complexity index is 1070. The molecule has 6 rings (SSSR count). The molecule has 0 aromatic heterocycles. The molecule has 8 atom stereocenters. The van der Waals surface area contributed by atoms with Crippen LogP contribution in [-0.2, 0) is 40.0 Å². The van der Waals surface area contributed by atoms with Gasteiger partial charge in [-0.3, -0.25) is 9.59 Å². The SMILES string of the molecule is COc1ccc(CCNC(=O)CCC(=O)O[C@@H]2O[C@H]3O[C@@]4(C)CC[C@H]5[C@@H](C)CC[C@H]([C@H]2C)[C@]35OO4)cc1OC. The molecule has 1 N–H and O–H groups in total. The van der Waals surface area contributed by atoms with Gasteiger partial charge >= 0.3 is 5.97 Å². The standard InChI is InChI=1S/C29H41NO9/c1-17-6-8-21-18(2)26(36-27-29(21)20(17)12-14-28(3,37-27)38-39-29)35-25(32)11-10-24(31)30-15-13-19-7-9-22(33-4)23(16-19)34-5/h7,9,16-18,20-21,26-27H,6,8,10-15H2,1-5H3,(H,30,31)/t17-,18+,20-,21+,26+,27-,28+,29-/m0/s1. The molecule has 39 heavy (non-hydrogen) atoms. The van der Waals surface area contributed by atoms with Crippen molar-refractivity contribution in [3.63, 3.8) is 0 Å². The summed E-state index contributed by atoms with van der Waals surface area (Å²) in [6.45, 7) is 6.59. The zero-order valence-corrected chi connectivity index (χ0v) is 23.5. The fraction of sp³-hybridized carbons (Fsp3) is 0.724. The molecule has 10 heteroatoms. The van der Waals surface area contributed by atoms with Crippen molar-refractivity contribution in [1.82, 2.24) is 5.32 Å². The molecule has 5 fully saturated rings. The number of carbonyl (C=O) groups excluding carboxylic acids is 2. The molecule has 1 amide bonds. The summed E-state index contributed by atoms with van der Waals surface area (Å²) in [7, 11) is 3.17. The minimum Gasteiger partial charge on any atom is -0.493 e. The van der Waals surface area contributed by atoms with Gasteiger partial charge in [0, 0.05) is 31.2 Å². The first-order valence-corrected chi connectivity index (χ1v) is 14.1. The van der Waals surface area contributed by atoms with Crippen LogP contribution >= 0.6 is 0 Å². The van der Waals surface area contributed by atoms with Crippen LogP contribution in [0.2, 0.25) is 0 Å². The number of hydrogen-bond donors (Lipinski definition) is 1. The lowest BCUT2D eigenvalue weighted by molar-refractivity contribution is -0.576. The molecule has 1 spiro atoms. The van der Waals surface area contributed by atoms with Gasteiger partial charge in [0.2, 0.25) is 18.0 Å². The van der Waals surface area contributed by atoms with Crippen LogP contribution in [0.4, 0.5) is 0 Å². The maximum atomic E-state index is 12.8. The van der Waals surface area contributed by atoms with Gasteiger partial charge in [-0.25, -0.2) is 9.78 Å². The van der Waals surface area contributed by atoms with E-state index in [1.54, 1.807) is 14.2 Å². The number of benzene rings is 1.